The average molecular weight is 535 g/mol. The molecule has 0 saturated heterocycles. The first kappa shape index (κ1) is 25.4. The first-order valence-electron chi connectivity index (χ1n) is 9.29. The lowest BCUT2D eigenvalue weighted by atomic mass is 9.95. The van der Waals surface area contributed by atoms with Crippen molar-refractivity contribution < 1.29 is 34.1 Å². The number of carboxylic acid groups (broad SMARTS) is 1. The molecule has 0 atom stereocenters. The minimum atomic E-state index is -10.1. The number of ether oxygens (including phenoxy) is 1. The monoisotopic (exact) mass is 534 g/mol. The van der Waals surface area contributed by atoms with E-state index in [4.69, 9.17) is 27.9 Å². The number of hydrogen-bond donors (Lipinski definition) is 2. The number of rotatable bonds is 9. The fourth-order valence-corrected chi connectivity index (χ4v) is 4.82. The van der Waals surface area contributed by atoms with Gasteiger partial charge in [0.1, 0.15) is 22.5 Å². The van der Waals surface area contributed by atoms with Gasteiger partial charge in [-0.3, -0.25) is 4.79 Å². The summed E-state index contributed by atoms with van der Waals surface area (Å²) in [5.74, 6) is -1.25. The molecule has 0 spiro atoms. The van der Waals surface area contributed by atoms with E-state index in [1.807, 2.05) is 0 Å². The van der Waals surface area contributed by atoms with E-state index in [0.717, 1.165) is 4.68 Å². The van der Waals surface area contributed by atoms with Gasteiger partial charge in [0, 0.05) is 20.3 Å². The Labute approximate surface area is 194 Å². The molecule has 2 N–H and O–H groups in total. The number of carboxylic acids is 1. The van der Waals surface area contributed by atoms with Gasteiger partial charge in [-0.25, -0.2) is 4.68 Å². The number of anilines is 1. The molecule has 0 unspecified atom stereocenters. The summed E-state index contributed by atoms with van der Waals surface area (Å²) in [6, 6.07) is 1.82. The number of methoxy groups -OCH3 is 1. The molecule has 1 aromatic heterocycles. The maximum Gasteiger partial charge on any atom is 0.314 e. The molecule has 33 heavy (non-hydrogen) atoms. The minimum Gasteiger partial charge on any atom is -0.481 e. The lowest BCUT2D eigenvalue weighted by Gasteiger charge is -2.40. The number of nitrogens with one attached hydrogen (secondary N) is 1. The summed E-state index contributed by atoms with van der Waals surface area (Å²) in [5.41, 5.74) is -2.15. The number of carbonyl (C=O) groups is 1. The quantitative estimate of drug-likeness (QED) is 0.290. The van der Waals surface area contributed by atoms with Gasteiger partial charge in [-0.1, -0.05) is 42.6 Å². The standard InChI is InChI=1S/C18H17Cl2F5N4O3S/c1-32-6-2-5-27-16-14(18(3-4-18)17(30)31)13(9-26)28-29(16)15-11(19)7-10(8-12(15)20)33(21,22,23,24)25/h7-8,27H,2-6H2,1H3,(H,30,31). The van der Waals surface area contributed by atoms with Crippen LogP contribution in [0.5, 0.6) is 0 Å². The van der Waals surface area contributed by atoms with Gasteiger partial charge in [0.15, 0.2) is 5.69 Å². The summed E-state index contributed by atoms with van der Waals surface area (Å²) >= 11 is 11.9. The first-order valence-corrected chi connectivity index (χ1v) is 12.0. The van der Waals surface area contributed by atoms with Crippen molar-refractivity contribution in [2.75, 3.05) is 25.6 Å². The summed E-state index contributed by atoms with van der Waals surface area (Å²) in [6.07, 6.45) is 0.827. The van der Waals surface area contributed by atoms with Crippen molar-refractivity contribution in [3.8, 4) is 11.8 Å². The molecule has 1 heterocycles. The van der Waals surface area contributed by atoms with Crippen LogP contribution in [0.1, 0.15) is 30.5 Å². The summed E-state index contributed by atoms with van der Waals surface area (Å²) in [5, 5.41) is 24.6. The SMILES string of the molecule is COCCCNc1c(C2(C(=O)O)CC2)c(C#N)nn1-c1c(Cl)cc(S(F)(F)(F)(F)F)cc1Cl. The van der Waals surface area contributed by atoms with E-state index in [0.29, 0.717) is 13.0 Å². The van der Waals surface area contributed by atoms with Gasteiger partial charge in [0.05, 0.1) is 21.0 Å². The third-order valence-electron chi connectivity index (χ3n) is 5.09. The Kier molecular flexibility index (Phi) is 5.86. The molecule has 3 rings (SSSR count). The van der Waals surface area contributed by atoms with Crippen LogP contribution in [-0.4, -0.2) is 41.1 Å². The second-order valence-electron chi connectivity index (χ2n) is 7.46. The fourth-order valence-electron chi connectivity index (χ4n) is 3.36. The molecule has 0 radical (unpaired) electrons. The second kappa shape index (κ2) is 7.63. The van der Waals surface area contributed by atoms with Crippen molar-refractivity contribution in [3.05, 3.63) is 33.4 Å². The Hall–Kier alpha value is -2.27. The summed E-state index contributed by atoms with van der Waals surface area (Å²) in [4.78, 5) is 9.64. The van der Waals surface area contributed by atoms with E-state index in [-0.39, 0.29) is 48.6 Å². The fraction of sp³-hybridized carbons (Fsp3) is 0.389. The maximum atomic E-state index is 13.3. The predicted octanol–water partition coefficient (Wildman–Crippen LogP) is 6.27. The zero-order valence-corrected chi connectivity index (χ0v) is 19.2. The number of hydrogen-bond acceptors (Lipinski definition) is 5. The Morgan fingerprint density at radius 1 is 1.30 bits per heavy atom. The van der Waals surface area contributed by atoms with Crippen molar-refractivity contribution in [2.45, 2.75) is 29.6 Å². The van der Waals surface area contributed by atoms with Crippen LogP contribution in [0.4, 0.5) is 25.2 Å². The summed E-state index contributed by atoms with van der Waals surface area (Å²) in [7, 11) is -8.62. The normalized spacial score (nSPS) is 17.1. The van der Waals surface area contributed by atoms with Crippen molar-refractivity contribution in [3.63, 3.8) is 0 Å². The molecule has 1 saturated carbocycles. The number of nitrogens with zero attached hydrogens (tertiary/aromatic N) is 3. The molecular formula is C18H17Cl2F5N4O3S. The topological polar surface area (TPSA) is 100 Å². The number of nitriles is 1. The van der Waals surface area contributed by atoms with Crippen LogP contribution in [-0.2, 0) is 14.9 Å². The maximum absolute atomic E-state index is 13.3. The third kappa shape index (κ3) is 4.84. The lowest BCUT2D eigenvalue weighted by Crippen LogP contribution is -2.22. The molecule has 0 amide bonds. The van der Waals surface area contributed by atoms with Gasteiger partial charge >= 0.3 is 16.2 Å². The lowest BCUT2D eigenvalue weighted by molar-refractivity contribution is -0.140. The molecule has 2 aromatic rings. The highest BCUT2D eigenvalue weighted by Gasteiger charge is 2.65. The second-order valence-corrected chi connectivity index (χ2v) is 10.7. The number of halogens is 7. The van der Waals surface area contributed by atoms with Crippen LogP contribution in [0.3, 0.4) is 0 Å². The van der Waals surface area contributed by atoms with E-state index in [1.54, 1.807) is 6.07 Å². The van der Waals surface area contributed by atoms with Crippen molar-refractivity contribution in [2.24, 2.45) is 0 Å². The first-order chi connectivity index (χ1) is 15.1. The van der Waals surface area contributed by atoms with E-state index >= 15 is 0 Å². The number of aromatic nitrogens is 2. The molecule has 7 nitrogen and oxygen atoms in total. The van der Waals surface area contributed by atoms with Gasteiger partial charge in [0.25, 0.3) is 0 Å². The Morgan fingerprint density at radius 2 is 1.88 bits per heavy atom. The molecule has 1 aliphatic rings. The largest absolute Gasteiger partial charge is 0.481 e. The van der Waals surface area contributed by atoms with E-state index in [2.05, 4.69) is 10.4 Å². The van der Waals surface area contributed by atoms with E-state index in [9.17, 15) is 34.6 Å². The average Bonchev–Trinajstić information content (AvgIpc) is 3.40. The minimum absolute atomic E-state index is 0.0128. The molecule has 15 heteroatoms. The van der Waals surface area contributed by atoms with Crippen molar-refractivity contribution >= 4 is 45.2 Å². The molecule has 0 aliphatic heterocycles. The number of benzene rings is 1. The summed E-state index contributed by atoms with van der Waals surface area (Å²) in [6.45, 7) is 0.525. The van der Waals surface area contributed by atoms with Crippen LogP contribution in [0.15, 0.2) is 17.0 Å². The van der Waals surface area contributed by atoms with Gasteiger partial charge in [0.2, 0.25) is 0 Å². The van der Waals surface area contributed by atoms with Gasteiger partial charge in [-0.15, -0.1) is 0 Å². The predicted molar refractivity (Wildman–Crippen MR) is 113 cm³/mol. The highest BCUT2D eigenvalue weighted by Crippen LogP contribution is 3.02. The van der Waals surface area contributed by atoms with Gasteiger partial charge in [-0.2, -0.15) is 10.4 Å². The smallest absolute Gasteiger partial charge is 0.314 e. The molecule has 182 valence electrons. The van der Waals surface area contributed by atoms with Crippen LogP contribution < -0.4 is 5.32 Å². The van der Waals surface area contributed by atoms with Gasteiger partial charge < -0.3 is 15.2 Å². The van der Waals surface area contributed by atoms with Crippen LogP contribution in [0, 0.1) is 11.3 Å². The van der Waals surface area contributed by atoms with E-state index < -0.39 is 42.2 Å². The van der Waals surface area contributed by atoms with E-state index in [1.165, 1.54) is 7.11 Å². The molecule has 1 aliphatic carbocycles. The van der Waals surface area contributed by atoms with Gasteiger partial charge in [-0.05, 0) is 31.4 Å². The van der Waals surface area contributed by atoms with Crippen molar-refractivity contribution in [1.82, 2.24) is 9.78 Å². The molecular weight excluding hydrogens is 518 g/mol. The highest BCUT2D eigenvalue weighted by molar-refractivity contribution is 8.45. The third-order valence-corrected chi connectivity index (χ3v) is 6.80. The summed E-state index contributed by atoms with van der Waals surface area (Å²) < 4.78 is 72.1. The molecule has 1 fully saturated rings. The highest BCUT2D eigenvalue weighted by atomic mass is 35.5. The van der Waals surface area contributed by atoms with Crippen molar-refractivity contribution in [1.29, 1.82) is 5.26 Å². The van der Waals surface area contributed by atoms with Crippen LogP contribution in [0.2, 0.25) is 10.0 Å². The van der Waals surface area contributed by atoms with Crippen LogP contribution in [0.25, 0.3) is 5.69 Å². The number of aliphatic carboxylic acids is 1. The zero-order valence-electron chi connectivity index (χ0n) is 16.8. The molecule has 0 bridgehead atoms. The van der Waals surface area contributed by atoms with Crippen LogP contribution >= 0.6 is 33.4 Å². The Balaban J connectivity index is 2.25. The Bertz CT molecular complexity index is 1150. The Morgan fingerprint density at radius 3 is 2.30 bits per heavy atom. The molecule has 1 aromatic carbocycles. The zero-order chi connectivity index (χ0) is 24.9.